The molecule has 10 heteroatoms. The second kappa shape index (κ2) is 9.57. The van der Waals surface area contributed by atoms with Crippen LogP contribution >= 0.6 is 0 Å². The molecule has 37 heavy (non-hydrogen) atoms. The van der Waals surface area contributed by atoms with Crippen molar-refractivity contribution in [3.8, 4) is 11.3 Å². The third-order valence-corrected chi connectivity index (χ3v) is 6.84. The van der Waals surface area contributed by atoms with E-state index in [0.717, 1.165) is 16.8 Å². The van der Waals surface area contributed by atoms with Gasteiger partial charge in [-0.1, -0.05) is 18.2 Å². The Kier molecular flexibility index (Phi) is 6.43. The van der Waals surface area contributed by atoms with E-state index in [2.05, 4.69) is 10.6 Å². The molecule has 1 saturated heterocycles. The maximum atomic E-state index is 13.5. The lowest BCUT2D eigenvalue weighted by Gasteiger charge is -2.31. The Hall–Kier alpha value is -3.82. The van der Waals surface area contributed by atoms with Gasteiger partial charge in [0.1, 0.15) is 23.6 Å². The van der Waals surface area contributed by atoms with Crippen molar-refractivity contribution in [2.75, 3.05) is 30.8 Å². The van der Waals surface area contributed by atoms with Crippen molar-refractivity contribution in [2.45, 2.75) is 63.8 Å². The molecule has 4 heterocycles. The van der Waals surface area contributed by atoms with E-state index in [1.807, 2.05) is 57.2 Å². The van der Waals surface area contributed by atoms with Gasteiger partial charge in [-0.3, -0.25) is 15.0 Å². The van der Waals surface area contributed by atoms with Crippen molar-refractivity contribution < 1.29 is 23.9 Å². The van der Waals surface area contributed by atoms with E-state index in [-0.39, 0.29) is 11.9 Å². The summed E-state index contributed by atoms with van der Waals surface area (Å²) in [6.07, 6.45) is 0.124. The smallest absolute Gasteiger partial charge is 0.412 e. The number of hydrogen-bond donors (Lipinski definition) is 2. The van der Waals surface area contributed by atoms with Gasteiger partial charge in [-0.2, -0.15) is 0 Å². The van der Waals surface area contributed by atoms with E-state index >= 15 is 0 Å². The van der Waals surface area contributed by atoms with Gasteiger partial charge < -0.3 is 19.7 Å². The monoisotopic (exact) mass is 507 g/mol. The molecule has 196 valence electrons. The SMILES string of the molecule is CN1CCC[C@H]2OC(=O)Nc3cccc(c32)-c2cccc(n2)N[C@H]2C[C@@H](C1=O)N(C(=O)OC(C)(C)C)C2. The second-order valence-corrected chi connectivity index (χ2v) is 10.8. The fraction of sp³-hybridized carbons (Fsp3) is 0.481. The fourth-order valence-corrected chi connectivity index (χ4v) is 5.22. The molecular formula is C27H33N5O5. The summed E-state index contributed by atoms with van der Waals surface area (Å²) in [6.45, 7) is 6.22. The summed E-state index contributed by atoms with van der Waals surface area (Å²) in [5, 5.41) is 6.22. The van der Waals surface area contributed by atoms with Crippen molar-refractivity contribution >= 4 is 29.6 Å². The summed E-state index contributed by atoms with van der Waals surface area (Å²) in [4.78, 5) is 46.8. The van der Waals surface area contributed by atoms with Crippen molar-refractivity contribution in [3.63, 3.8) is 0 Å². The number of nitrogens with zero attached hydrogens (tertiary/aromatic N) is 3. The van der Waals surface area contributed by atoms with Crippen LogP contribution in [0.2, 0.25) is 0 Å². The molecule has 0 radical (unpaired) electrons. The van der Waals surface area contributed by atoms with Crippen molar-refractivity contribution in [1.29, 1.82) is 0 Å². The van der Waals surface area contributed by atoms with Gasteiger partial charge >= 0.3 is 12.2 Å². The maximum absolute atomic E-state index is 13.5. The predicted molar refractivity (Wildman–Crippen MR) is 138 cm³/mol. The molecule has 0 saturated carbocycles. The van der Waals surface area contributed by atoms with Crippen LogP contribution in [-0.4, -0.2) is 70.7 Å². The first-order chi connectivity index (χ1) is 17.6. The number of pyridine rings is 1. The zero-order valence-corrected chi connectivity index (χ0v) is 21.6. The molecule has 0 spiro atoms. The number of ether oxygens (including phenoxy) is 2. The van der Waals surface area contributed by atoms with E-state index < -0.39 is 29.9 Å². The Balaban J connectivity index is 1.52. The first-order valence-electron chi connectivity index (χ1n) is 12.7. The van der Waals surface area contributed by atoms with Crippen LogP contribution in [0.5, 0.6) is 0 Å². The molecule has 1 aromatic carbocycles. The van der Waals surface area contributed by atoms with Crippen LogP contribution in [0.1, 0.15) is 51.7 Å². The Morgan fingerprint density at radius 1 is 1.16 bits per heavy atom. The molecule has 3 atom stereocenters. The minimum atomic E-state index is -0.673. The number of benzene rings is 1. The minimum absolute atomic E-state index is 0.143. The minimum Gasteiger partial charge on any atom is -0.444 e. The first-order valence-corrected chi connectivity index (χ1v) is 12.7. The Morgan fingerprint density at radius 3 is 2.73 bits per heavy atom. The van der Waals surface area contributed by atoms with Crippen molar-refractivity contribution in [3.05, 3.63) is 42.0 Å². The Labute approximate surface area is 216 Å². The highest BCUT2D eigenvalue weighted by atomic mass is 16.6. The molecule has 0 unspecified atom stereocenters. The molecule has 3 aliphatic heterocycles. The lowest BCUT2D eigenvalue weighted by molar-refractivity contribution is -0.134. The normalized spacial score (nSPS) is 23.6. The summed E-state index contributed by atoms with van der Waals surface area (Å²) in [5.41, 5.74) is 2.54. The molecule has 1 fully saturated rings. The van der Waals surface area contributed by atoms with E-state index in [1.54, 1.807) is 11.9 Å². The standard InChI is InChI=1S/C27H33N5O5/c1-27(2,3)37-26(35)32-15-16-14-20(32)24(33)31(4)13-7-11-21-23-17(18-9-6-12-22(28-16)29-18)8-5-10-19(23)30-25(34)36-21/h5-6,8-10,12,16,20-21H,7,11,13-15H2,1-4H3,(H,28,29)(H,30,34)/t16-,20-,21+/m0/s1. The molecule has 10 nitrogen and oxygen atoms in total. The van der Waals surface area contributed by atoms with Gasteiger partial charge in [0.25, 0.3) is 0 Å². The number of hydrogen-bond acceptors (Lipinski definition) is 7. The van der Waals surface area contributed by atoms with E-state index in [1.165, 1.54) is 4.90 Å². The fourth-order valence-electron chi connectivity index (χ4n) is 5.22. The van der Waals surface area contributed by atoms with Crippen LogP contribution in [0.15, 0.2) is 36.4 Å². The summed E-state index contributed by atoms with van der Waals surface area (Å²) in [7, 11) is 1.74. The average Bonchev–Trinajstić information content (AvgIpc) is 3.25. The highest BCUT2D eigenvalue weighted by Crippen LogP contribution is 2.40. The summed E-state index contributed by atoms with van der Waals surface area (Å²) < 4.78 is 11.3. The molecule has 4 bridgehead atoms. The van der Waals surface area contributed by atoms with E-state index in [9.17, 15) is 14.4 Å². The molecule has 1 aromatic heterocycles. The number of likely N-dealkylation sites (tertiary alicyclic amines) is 1. The van der Waals surface area contributed by atoms with Gasteiger partial charge in [-0.25, -0.2) is 14.6 Å². The second-order valence-electron chi connectivity index (χ2n) is 10.8. The number of amides is 3. The van der Waals surface area contributed by atoms with Crippen LogP contribution in [0, 0.1) is 0 Å². The highest BCUT2D eigenvalue weighted by Gasteiger charge is 2.43. The molecular weight excluding hydrogens is 474 g/mol. The predicted octanol–water partition coefficient (Wildman–Crippen LogP) is 4.39. The van der Waals surface area contributed by atoms with Crippen molar-refractivity contribution in [1.82, 2.24) is 14.8 Å². The van der Waals surface area contributed by atoms with Crippen LogP contribution in [0.25, 0.3) is 11.3 Å². The topological polar surface area (TPSA) is 113 Å². The number of carbonyl (C=O) groups excluding carboxylic acids is 3. The molecule has 3 amide bonds. The highest BCUT2D eigenvalue weighted by molar-refractivity contribution is 5.91. The Morgan fingerprint density at radius 2 is 1.95 bits per heavy atom. The average molecular weight is 508 g/mol. The van der Waals surface area contributed by atoms with E-state index in [4.69, 9.17) is 14.5 Å². The van der Waals surface area contributed by atoms with Crippen LogP contribution in [-0.2, 0) is 14.3 Å². The quantitative estimate of drug-likeness (QED) is 0.544. The zero-order chi connectivity index (χ0) is 26.3. The molecule has 2 N–H and O–H groups in total. The van der Waals surface area contributed by atoms with Gasteiger partial charge in [0, 0.05) is 37.3 Å². The molecule has 2 aromatic rings. The number of carbonyl (C=O) groups is 3. The third-order valence-electron chi connectivity index (χ3n) is 6.84. The molecule has 0 aliphatic carbocycles. The largest absolute Gasteiger partial charge is 0.444 e. The van der Waals surface area contributed by atoms with Crippen LogP contribution < -0.4 is 10.6 Å². The number of rotatable bonds is 0. The van der Waals surface area contributed by atoms with Gasteiger partial charge in [0.15, 0.2) is 0 Å². The van der Waals surface area contributed by atoms with Crippen LogP contribution in [0.4, 0.5) is 21.1 Å². The number of aromatic nitrogens is 1. The number of likely N-dealkylation sites (N-methyl/N-ethyl adjacent to an activating group) is 1. The van der Waals surface area contributed by atoms with Gasteiger partial charge in [0.2, 0.25) is 5.91 Å². The van der Waals surface area contributed by atoms with Gasteiger partial charge in [-0.05, 0) is 58.2 Å². The molecule has 3 aliphatic rings. The third kappa shape index (κ3) is 5.19. The molecule has 5 rings (SSSR count). The summed E-state index contributed by atoms with van der Waals surface area (Å²) in [5.74, 6) is 0.494. The van der Waals surface area contributed by atoms with Crippen LogP contribution in [0.3, 0.4) is 0 Å². The van der Waals surface area contributed by atoms with Gasteiger partial charge in [0.05, 0.1) is 11.4 Å². The number of fused-ring (bicyclic) bond motifs is 5. The summed E-state index contributed by atoms with van der Waals surface area (Å²) >= 11 is 0. The van der Waals surface area contributed by atoms with Crippen molar-refractivity contribution in [2.24, 2.45) is 0 Å². The lowest BCUT2D eigenvalue weighted by atomic mass is 9.93. The summed E-state index contributed by atoms with van der Waals surface area (Å²) in [6, 6.07) is 10.6. The first kappa shape index (κ1) is 24.9. The number of anilines is 2. The van der Waals surface area contributed by atoms with E-state index in [0.29, 0.717) is 43.9 Å². The Bertz CT molecular complexity index is 1230. The zero-order valence-electron chi connectivity index (χ0n) is 21.6. The maximum Gasteiger partial charge on any atom is 0.412 e. The number of nitrogens with one attached hydrogen (secondary N) is 2. The van der Waals surface area contributed by atoms with Gasteiger partial charge in [-0.15, -0.1) is 0 Å². The lowest BCUT2D eigenvalue weighted by Crippen LogP contribution is -2.48.